The number of pyridine rings is 1. The highest BCUT2D eigenvalue weighted by Gasteiger charge is 1.99. The molecule has 4 nitrogen and oxygen atoms in total. The van der Waals surface area contributed by atoms with E-state index in [0.717, 1.165) is 0 Å². The largest absolute Gasteiger partial charge is 0.481 e. The molecule has 0 atom stereocenters. The summed E-state index contributed by atoms with van der Waals surface area (Å²) in [5, 5.41) is 2.91. The van der Waals surface area contributed by atoms with Crippen molar-refractivity contribution in [3.8, 4) is 17.7 Å². The van der Waals surface area contributed by atoms with E-state index in [1.165, 1.54) is 0 Å². The van der Waals surface area contributed by atoms with Crippen LogP contribution < -0.4 is 15.8 Å². The van der Waals surface area contributed by atoms with Crippen LogP contribution in [0.5, 0.6) is 5.88 Å². The van der Waals surface area contributed by atoms with Gasteiger partial charge in [-0.05, 0) is 19.0 Å². The van der Waals surface area contributed by atoms with Crippen molar-refractivity contribution in [1.29, 1.82) is 0 Å². The second-order valence-corrected chi connectivity index (χ2v) is 2.62. The summed E-state index contributed by atoms with van der Waals surface area (Å²) in [4.78, 5) is 4.11. The highest BCUT2D eigenvalue weighted by atomic mass is 16.5. The van der Waals surface area contributed by atoms with Crippen molar-refractivity contribution in [2.45, 2.75) is 0 Å². The second kappa shape index (κ2) is 5.10. The van der Waals surface area contributed by atoms with Gasteiger partial charge in [0.05, 0.1) is 19.3 Å². The lowest BCUT2D eigenvalue weighted by Crippen LogP contribution is -2.04. The first-order chi connectivity index (χ1) is 6.77. The highest BCUT2D eigenvalue weighted by Crippen LogP contribution is 2.12. The van der Waals surface area contributed by atoms with E-state index in [9.17, 15) is 0 Å². The molecule has 1 aromatic heterocycles. The number of nitrogens with zero attached hydrogens (tertiary/aromatic N) is 1. The monoisotopic (exact) mass is 191 g/mol. The quantitative estimate of drug-likeness (QED) is 0.657. The molecule has 0 spiro atoms. The fourth-order valence-corrected chi connectivity index (χ4v) is 0.882. The van der Waals surface area contributed by atoms with Crippen molar-refractivity contribution in [3.05, 3.63) is 17.8 Å². The number of hydrogen-bond donors (Lipinski definition) is 2. The first-order valence-corrected chi connectivity index (χ1v) is 4.22. The minimum Gasteiger partial charge on any atom is -0.481 e. The molecule has 14 heavy (non-hydrogen) atoms. The summed E-state index contributed by atoms with van der Waals surface area (Å²) in [6, 6.07) is 3.44. The summed E-state index contributed by atoms with van der Waals surface area (Å²) in [5.41, 5.74) is 6.80. The number of aromatic nitrogens is 1. The maximum atomic E-state index is 5.69. The predicted octanol–water partition coefficient (Wildman–Crippen LogP) is 0.243. The van der Waals surface area contributed by atoms with Gasteiger partial charge in [-0.15, -0.1) is 0 Å². The first-order valence-electron chi connectivity index (χ1n) is 4.22. The normalized spacial score (nSPS) is 9.00. The van der Waals surface area contributed by atoms with E-state index in [2.05, 4.69) is 22.1 Å². The fraction of sp³-hybridized carbons (Fsp3) is 0.300. The second-order valence-electron chi connectivity index (χ2n) is 2.62. The van der Waals surface area contributed by atoms with Crippen LogP contribution in [-0.4, -0.2) is 25.7 Å². The molecular weight excluding hydrogens is 178 g/mol. The molecule has 0 saturated heterocycles. The molecule has 0 radical (unpaired) electrons. The van der Waals surface area contributed by atoms with E-state index >= 15 is 0 Å². The molecule has 3 N–H and O–H groups in total. The van der Waals surface area contributed by atoms with Crippen LogP contribution in [0.2, 0.25) is 0 Å². The van der Waals surface area contributed by atoms with E-state index in [4.69, 9.17) is 10.5 Å². The molecule has 74 valence electrons. The molecule has 0 aliphatic heterocycles. The molecule has 1 rings (SSSR count). The molecule has 0 aliphatic rings. The number of nitrogens with two attached hydrogens (primary N) is 1. The van der Waals surface area contributed by atoms with Crippen molar-refractivity contribution in [1.82, 2.24) is 10.3 Å². The zero-order valence-electron chi connectivity index (χ0n) is 8.29. The Morgan fingerprint density at radius 2 is 2.36 bits per heavy atom. The van der Waals surface area contributed by atoms with Crippen molar-refractivity contribution < 1.29 is 4.74 Å². The van der Waals surface area contributed by atoms with Crippen LogP contribution in [0.3, 0.4) is 0 Å². The summed E-state index contributed by atoms with van der Waals surface area (Å²) in [6.07, 6.45) is 0. The minimum absolute atomic E-state index is 0.521. The van der Waals surface area contributed by atoms with E-state index in [-0.39, 0.29) is 0 Å². The van der Waals surface area contributed by atoms with Crippen molar-refractivity contribution in [3.63, 3.8) is 0 Å². The van der Waals surface area contributed by atoms with Gasteiger partial charge in [0.2, 0.25) is 5.88 Å². The topological polar surface area (TPSA) is 60.2 Å². The molecule has 0 bridgehead atoms. The summed E-state index contributed by atoms with van der Waals surface area (Å²) >= 11 is 0. The SMILES string of the molecule is CNCC#Cc1nc(OC)ccc1N. The lowest BCUT2D eigenvalue weighted by Gasteiger charge is -2.00. The van der Waals surface area contributed by atoms with Gasteiger partial charge in [0.15, 0.2) is 0 Å². The highest BCUT2D eigenvalue weighted by molar-refractivity contribution is 5.52. The molecule has 0 unspecified atom stereocenters. The Hall–Kier alpha value is -1.73. The third kappa shape index (κ3) is 2.64. The van der Waals surface area contributed by atoms with E-state index in [0.29, 0.717) is 23.8 Å². The number of rotatable bonds is 2. The van der Waals surface area contributed by atoms with E-state index in [1.54, 1.807) is 19.2 Å². The van der Waals surface area contributed by atoms with Gasteiger partial charge >= 0.3 is 0 Å². The number of nitrogens with one attached hydrogen (secondary N) is 1. The van der Waals surface area contributed by atoms with Gasteiger partial charge in [-0.25, -0.2) is 4.98 Å². The summed E-state index contributed by atoms with van der Waals surface area (Å²) in [7, 11) is 3.39. The van der Waals surface area contributed by atoms with Gasteiger partial charge in [0.25, 0.3) is 0 Å². The van der Waals surface area contributed by atoms with Crippen LogP contribution in [0.1, 0.15) is 5.69 Å². The van der Waals surface area contributed by atoms with Crippen LogP contribution in [0, 0.1) is 11.8 Å². The molecule has 4 heteroatoms. The summed E-state index contributed by atoms with van der Waals surface area (Å²) in [5.74, 6) is 6.27. The maximum Gasteiger partial charge on any atom is 0.214 e. The number of anilines is 1. The Bertz CT molecular complexity index is 365. The number of hydrogen-bond acceptors (Lipinski definition) is 4. The Kier molecular flexibility index (Phi) is 3.77. The average Bonchev–Trinajstić information content (AvgIpc) is 2.21. The lowest BCUT2D eigenvalue weighted by molar-refractivity contribution is 0.397. The van der Waals surface area contributed by atoms with Gasteiger partial charge in [0.1, 0.15) is 5.69 Å². The zero-order chi connectivity index (χ0) is 10.4. The fourth-order valence-electron chi connectivity index (χ4n) is 0.882. The molecular formula is C10H13N3O. The Balaban J connectivity index is 2.91. The standard InChI is InChI=1S/C10H13N3O/c1-12-7-3-4-9-8(11)5-6-10(13-9)14-2/h5-6,12H,7,11H2,1-2H3. The maximum absolute atomic E-state index is 5.69. The van der Waals surface area contributed by atoms with Crippen molar-refractivity contribution >= 4 is 5.69 Å². The van der Waals surface area contributed by atoms with Crippen molar-refractivity contribution in [2.75, 3.05) is 26.4 Å². The Morgan fingerprint density at radius 1 is 1.57 bits per heavy atom. The molecule has 0 fully saturated rings. The molecule has 0 saturated carbocycles. The molecule has 0 amide bonds. The average molecular weight is 191 g/mol. The zero-order valence-corrected chi connectivity index (χ0v) is 8.29. The molecule has 0 aromatic carbocycles. The smallest absolute Gasteiger partial charge is 0.214 e. The third-order valence-electron chi connectivity index (χ3n) is 1.58. The minimum atomic E-state index is 0.521. The van der Waals surface area contributed by atoms with Crippen molar-refractivity contribution in [2.24, 2.45) is 0 Å². The summed E-state index contributed by atoms with van der Waals surface area (Å²) < 4.78 is 4.97. The molecule has 1 aromatic rings. The van der Waals surface area contributed by atoms with Gasteiger partial charge in [-0.2, -0.15) is 0 Å². The van der Waals surface area contributed by atoms with Gasteiger partial charge in [-0.1, -0.05) is 5.92 Å². The van der Waals surface area contributed by atoms with Gasteiger partial charge in [0, 0.05) is 6.07 Å². The van der Waals surface area contributed by atoms with Gasteiger partial charge < -0.3 is 15.8 Å². The predicted molar refractivity (Wildman–Crippen MR) is 56.0 cm³/mol. The van der Waals surface area contributed by atoms with Crippen LogP contribution in [-0.2, 0) is 0 Å². The van der Waals surface area contributed by atoms with Crippen LogP contribution in [0.4, 0.5) is 5.69 Å². The van der Waals surface area contributed by atoms with Crippen LogP contribution >= 0.6 is 0 Å². The van der Waals surface area contributed by atoms with E-state index in [1.807, 2.05) is 7.05 Å². The third-order valence-corrected chi connectivity index (χ3v) is 1.58. The van der Waals surface area contributed by atoms with Crippen LogP contribution in [0.25, 0.3) is 0 Å². The lowest BCUT2D eigenvalue weighted by atomic mass is 10.3. The molecule has 0 aliphatic carbocycles. The van der Waals surface area contributed by atoms with Gasteiger partial charge in [-0.3, -0.25) is 0 Å². The number of nitrogen functional groups attached to an aromatic ring is 1. The Morgan fingerprint density at radius 3 is 3.00 bits per heavy atom. The Labute approximate surface area is 83.5 Å². The number of ether oxygens (including phenoxy) is 1. The summed E-state index contributed by atoms with van der Waals surface area (Å²) in [6.45, 7) is 0.609. The number of methoxy groups -OCH3 is 1. The molecule has 1 heterocycles. The van der Waals surface area contributed by atoms with E-state index < -0.39 is 0 Å². The first kappa shape index (κ1) is 10.4. The van der Waals surface area contributed by atoms with Crippen LogP contribution in [0.15, 0.2) is 12.1 Å².